The van der Waals surface area contributed by atoms with Crippen molar-refractivity contribution in [2.75, 3.05) is 0 Å². The summed E-state index contributed by atoms with van der Waals surface area (Å²) in [4.78, 5) is 8.11. The second-order valence-corrected chi connectivity index (χ2v) is 9.13. The molecule has 3 heteroatoms. The second-order valence-electron chi connectivity index (χ2n) is 8.22. The smallest absolute Gasteiger partial charge is 0.0732 e. The third-order valence-corrected chi connectivity index (χ3v) is 6.93. The molecule has 2 aromatic carbocycles. The number of halogens is 1. The van der Waals surface area contributed by atoms with Gasteiger partial charge >= 0.3 is 0 Å². The monoisotopic (exact) mass is 468 g/mol. The molecule has 2 aromatic heterocycles. The summed E-state index contributed by atoms with van der Waals surface area (Å²) in [5.41, 5.74) is 7.22. The zero-order valence-corrected chi connectivity index (χ0v) is 19.3. The fourth-order valence-electron chi connectivity index (χ4n) is 4.87. The zero-order valence-electron chi connectivity index (χ0n) is 17.7. The van der Waals surface area contributed by atoms with E-state index in [-0.39, 0.29) is 0 Å². The quantitative estimate of drug-likeness (QED) is 0.283. The van der Waals surface area contributed by atoms with Crippen molar-refractivity contribution in [3.8, 4) is 0 Å². The average Bonchev–Trinajstić information content (AvgIpc) is 2.83. The van der Waals surface area contributed by atoms with Crippen LogP contribution in [-0.2, 0) is 6.42 Å². The van der Waals surface area contributed by atoms with Crippen LogP contribution in [-0.4, -0.2) is 9.97 Å². The highest BCUT2D eigenvalue weighted by atomic mass is 79.9. The molecule has 2 aliphatic carbocycles. The number of hydrogen-bond acceptors (Lipinski definition) is 2. The van der Waals surface area contributed by atoms with Gasteiger partial charge in [0.2, 0.25) is 0 Å². The number of nitrogens with zero attached hydrogens (tertiary/aromatic N) is 2. The summed E-state index contributed by atoms with van der Waals surface area (Å²) in [6.07, 6.45) is 14.9. The molecule has 2 heterocycles. The molecule has 0 aliphatic heterocycles. The minimum Gasteiger partial charge on any atom is -0.264 e. The summed E-state index contributed by atoms with van der Waals surface area (Å²) in [5.74, 6) is 0.724. The Kier molecular flexibility index (Phi) is 5.69. The van der Waals surface area contributed by atoms with Gasteiger partial charge in [-0.3, -0.25) is 9.97 Å². The number of allylic oxidation sites excluding steroid dienone is 4. The molecule has 0 radical (unpaired) electrons. The minimum atomic E-state index is 0.724. The lowest BCUT2D eigenvalue weighted by atomic mass is 9.73. The van der Waals surface area contributed by atoms with Gasteiger partial charge in [-0.25, -0.2) is 0 Å². The Hall–Kier alpha value is -2.78. The van der Waals surface area contributed by atoms with E-state index in [9.17, 15) is 0 Å². The van der Waals surface area contributed by atoms with Crippen LogP contribution in [0.4, 0.5) is 0 Å². The molecule has 0 fully saturated rings. The van der Waals surface area contributed by atoms with E-state index in [4.69, 9.17) is 0 Å². The first-order chi connectivity index (χ1) is 15.2. The summed E-state index contributed by atoms with van der Waals surface area (Å²) in [5, 5.41) is 3.87. The van der Waals surface area contributed by atoms with Crippen LogP contribution in [0, 0.1) is 5.92 Å². The molecule has 0 saturated carbocycles. The third kappa shape index (κ3) is 3.95. The van der Waals surface area contributed by atoms with Crippen molar-refractivity contribution >= 4 is 43.2 Å². The summed E-state index contributed by atoms with van der Waals surface area (Å²) in [7, 11) is 0. The highest BCUT2D eigenvalue weighted by molar-refractivity contribution is 9.10. The van der Waals surface area contributed by atoms with Crippen LogP contribution in [0.3, 0.4) is 0 Å². The van der Waals surface area contributed by atoms with Gasteiger partial charge in [-0.15, -0.1) is 0 Å². The van der Waals surface area contributed by atoms with Crippen LogP contribution in [0.2, 0.25) is 0 Å². The zero-order chi connectivity index (χ0) is 21.2. The fraction of sp³-hybridized carbons (Fsp3) is 0.214. The van der Waals surface area contributed by atoms with E-state index in [1.54, 1.807) is 23.5 Å². The molecule has 31 heavy (non-hydrogen) atoms. The molecule has 0 N–H and O–H groups in total. The van der Waals surface area contributed by atoms with Crippen LogP contribution in [0.5, 0.6) is 0 Å². The van der Waals surface area contributed by atoms with Crippen molar-refractivity contribution < 1.29 is 0 Å². The summed E-state index contributed by atoms with van der Waals surface area (Å²) >= 11 is 3.64. The summed E-state index contributed by atoms with van der Waals surface area (Å²) in [6, 6.07) is 17.1. The summed E-state index contributed by atoms with van der Waals surface area (Å²) in [6.45, 7) is 2.33. The largest absolute Gasteiger partial charge is 0.264 e. The van der Waals surface area contributed by atoms with Gasteiger partial charge < -0.3 is 0 Å². The molecular weight excluding hydrogens is 444 g/mol. The molecule has 1 atom stereocenters. The molecular formula is C28H25BrN2. The third-order valence-electron chi connectivity index (χ3n) is 6.44. The molecule has 0 saturated heterocycles. The molecule has 4 aromatic rings. The highest BCUT2D eigenvalue weighted by Crippen LogP contribution is 2.43. The van der Waals surface area contributed by atoms with E-state index in [1.165, 1.54) is 52.1 Å². The molecule has 1 unspecified atom stereocenters. The van der Waals surface area contributed by atoms with E-state index in [2.05, 4.69) is 75.3 Å². The molecule has 0 amide bonds. The first-order valence-corrected chi connectivity index (χ1v) is 11.8. The van der Waals surface area contributed by atoms with Crippen LogP contribution in [0.15, 0.2) is 89.3 Å². The van der Waals surface area contributed by atoms with Crippen molar-refractivity contribution in [3.63, 3.8) is 0 Å². The van der Waals surface area contributed by atoms with E-state index in [1.807, 2.05) is 24.4 Å². The van der Waals surface area contributed by atoms with Crippen molar-refractivity contribution in [2.45, 2.75) is 32.6 Å². The van der Waals surface area contributed by atoms with Crippen molar-refractivity contribution in [1.82, 2.24) is 9.97 Å². The van der Waals surface area contributed by atoms with Crippen LogP contribution < -0.4 is 0 Å². The number of hydrogen-bond donors (Lipinski definition) is 0. The van der Waals surface area contributed by atoms with E-state index >= 15 is 0 Å². The van der Waals surface area contributed by atoms with E-state index in [0.29, 0.717) is 0 Å². The lowest BCUT2D eigenvalue weighted by molar-refractivity contribution is 0.560. The molecule has 2 nitrogen and oxygen atoms in total. The van der Waals surface area contributed by atoms with E-state index in [0.717, 1.165) is 16.8 Å². The van der Waals surface area contributed by atoms with Gasteiger partial charge in [0.1, 0.15) is 0 Å². The first-order valence-electron chi connectivity index (χ1n) is 11.0. The van der Waals surface area contributed by atoms with Gasteiger partial charge in [0, 0.05) is 28.4 Å². The minimum absolute atomic E-state index is 0.724. The second kappa shape index (κ2) is 8.76. The Balaban J connectivity index is 0.000000171. The molecule has 2 aliphatic rings. The van der Waals surface area contributed by atoms with Gasteiger partial charge in [0.05, 0.1) is 5.52 Å². The van der Waals surface area contributed by atoms with Crippen molar-refractivity contribution in [1.29, 1.82) is 0 Å². The van der Waals surface area contributed by atoms with Gasteiger partial charge in [0.25, 0.3) is 0 Å². The SMILES string of the molecule is CCC1Cc2c(ccc3ccc(Br)cc23)C2=C1CCC=C2.c1cnc2ccncc2c1. The molecule has 154 valence electrons. The highest BCUT2D eigenvalue weighted by Gasteiger charge is 2.27. The Labute approximate surface area is 191 Å². The lowest BCUT2D eigenvalue weighted by Crippen LogP contribution is -2.17. The number of rotatable bonds is 1. The fourth-order valence-corrected chi connectivity index (χ4v) is 5.23. The van der Waals surface area contributed by atoms with Gasteiger partial charge in [0.15, 0.2) is 0 Å². The van der Waals surface area contributed by atoms with Crippen molar-refractivity contribution in [3.05, 3.63) is 100 Å². The molecule has 6 rings (SSSR count). The normalized spacial score (nSPS) is 17.2. The molecule has 0 bridgehead atoms. The van der Waals surface area contributed by atoms with Crippen LogP contribution in [0.1, 0.15) is 37.3 Å². The Morgan fingerprint density at radius 1 is 1.03 bits per heavy atom. The maximum absolute atomic E-state index is 4.14. The Bertz CT molecular complexity index is 1250. The predicted molar refractivity (Wildman–Crippen MR) is 134 cm³/mol. The Morgan fingerprint density at radius 3 is 2.81 bits per heavy atom. The van der Waals surface area contributed by atoms with Crippen molar-refractivity contribution in [2.24, 2.45) is 5.92 Å². The van der Waals surface area contributed by atoms with Crippen LogP contribution >= 0.6 is 15.9 Å². The number of fused-ring (bicyclic) bond motifs is 5. The van der Waals surface area contributed by atoms with E-state index < -0.39 is 0 Å². The maximum atomic E-state index is 4.14. The number of aromatic nitrogens is 2. The summed E-state index contributed by atoms with van der Waals surface area (Å²) < 4.78 is 1.18. The van der Waals surface area contributed by atoms with Crippen LogP contribution in [0.25, 0.3) is 27.2 Å². The maximum Gasteiger partial charge on any atom is 0.0732 e. The van der Waals surface area contributed by atoms with Gasteiger partial charge in [-0.05, 0) is 89.4 Å². The molecule has 0 spiro atoms. The topological polar surface area (TPSA) is 25.8 Å². The predicted octanol–water partition coefficient (Wildman–Crippen LogP) is 7.92. The average molecular weight is 469 g/mol. The lowest BCUT2D eigenvalue weighted by Gasteiger charge is -2.31. The Morgan fingerprint density at radius 2 is 1.94 bits per heavy atom. The van der Waals surface area contributed by atoms with Gasteiger partial charge in [-0.2, -0.15) is 0 Å². The number of pyridine rings is 2. The first kappa shape index (κ1) is 20.1. The van der Waals surface area contributed by atoms with Gasteiger partial charge in [-0.1, -0.05) is 58.8 Å². The number of benzene rings is 2. The standard InChI is InChI=1S/C20H19Br.C8H6N2/c1-2-13-11-20-18(17-6-4-3-5-16(13)17)10-8-14-7-9-15(21)12-19(14)20;1-2-7-6-9-5-3-8(7)10-4-1/h4,6-10,12-13H,2-3,5,11H2,1H3;1-6H.